The summed E-state index contributed by atoms with van der Waals surface area (Å²) in [6.45, 7) is 11.9. The molecule has 0 aromatic rings. The fourth-order valence-corrected chi connectivity index (χ4v) is 2.67. The van der Waals surface area contributed by atoms with Gasteiger partial charge in [-0.3, -0.25) is 0 Å². The van der Waals surface area contributed by atoms with Gasteiger partial charge in [0.2, 0.25) is 0 Å². The van der Waals surface area contributed by atoms with Crippen molar-refractivity contribution in [3.05, 3.63) is 0 Å². The van der Waals surface area contributed by atoms with Crippen molar-refractivity contribution in [2.24, 2.45) is 17.8 Å². The van der Waals surface area contributed by atoms with Gasteiger partial charge in [0.05, 0.1) is 6.61 Å². The SMILES string of the molecule is CC(C)COCCNC1CCCC(C(C)C)C1. The molecule has 0 spiro atoms. The van der Waals surface area contributed by atoms with Gasteiger partial charge in [0.15, 0.2) is 0 Å². The van der Waals surface area contributed by atoms with E-state index in [1.165, 1.54) is 25.7 Å². The Balaban J connectivity index is 2.06. The van der Waals surface area contributed by atoms with Gasteiger partial charge in [0.25, 0.3) is 0 Å². The molecule has 1 aliphatic rings. The molecule has 2 heteroatoms. The van der Waals surface area contributed by atoms with Crippen LogP contribution in [0.3, 0.4) is 0 Å². The van der Waals surface area contributed by atoms with Gasteiger partial charge in [-0.05, 0) is 30.6 Å². The van der Waals surface area contributed by atoms with Crippen LogP contribution in [0.2, 0.25) is 0 Å². The molecular formula is C15H31NO. The molecule has 1 N–H and O–H groups in total. The Morgan fingerprint density at radius 2 is 1.94 bits per heavy atom. The first kappa shape index (κ1) is 15.0. The van der Waals surface area contributed by atoms with Crippen LogP contribution in [0, 0.1) is 17.8 Å². The maximum absolute atomic E-state index is 5.60. The minimum atomic E-state index is 0.648. The van der Waals surface area contributed by atoms with E-state index >= 15 is 0 Å². The zero-order valence-electron chi connectivity index (χ0n) is 12.2. The van der Waals surface area contributed by atoms with E-state index in [2.05, 4.69) is 33.0 Å². The number of rotatable bonds is 7. The smallest absolute Gasteiger partial charge is 0.0591 e. The zero-order valence-corrected chi connectivity index (χ0v) is 12.2. The lowest BCUT2D eigenvalue weighted by Crippen LogP contribution is -2.37. The maximum atomic E-state index is 5.60. The molecule has 0 saturated heterocycles. The van der Waals surface area contributed by atoms with E-state index < -0.39 is 0 Å². The molecule has 0 bridgehead atoms. The van der Waals surface area contributed by atoms with Crippen molar-refractivity contribution >= 4 is 0 Å². The molecule has 0 aromatic carbocycles. The molecule has 0 radical (unpaired) electrons. The van der Waals surface area contributed by atoms with Crippen molar-refractivity contribution < 1.29 is 4.74 Å². The molecule has 1 saturated carbocycles. The van der Waals surface area contributed by atoms with Crippen LogP contribution < -0.4 is 5.32 Å². The van der Waals surface area contributed by atoms with Crippen molar-refractivity contribution in [3.63, 3.8) is 0 Å². The lowest BCUT2D eigenvalue weighted by Gasteiger charge is -2.32. The number of hydrogen-bond acceptors (Lipinski definition) is 2. The largest absolute Gasteiger partial charge is 0.380 e. The highest BCUT2D eigenvalue weighted by atomic mass is 16.5. The second-order valence-electron chi connectivity index (χ2n) is 6.29. The average molecular weight is 241 g/mol. The highest BCUT2D eigenvalue weighted by Gasteiger charge is 2.23. The van der Waals surface area contributed by atoms with Crippen molar-refractivity contribution in [1.29, 1.82) is 0 Å². The quantitative estimate of drug-likeness (QED) is 0.689. The van der Waals surface area contributed by atoms with Crippen molar-refractivity contribution in [2.45, 2.75) is 59.4 Å². The highest BCUT2D eigenvalue weighted by molar-refractivity contribution is 4.79. The van der Waals surface area contributed by atoms with Crippen LogP contribution in [-0.2, 0) is 4.74 Å². The number of nitrogens with one attached hydrogen (secondary N) is 1. The Hall–Kier alpha value is -0.0800. The normalized spacial score (nSPS) is 25.8. The zero-order chi connectivity index (χ0) is 12.7. The van der Waals surface area contributed by atoms with Gasteiger partial charge in [0.1, 0.15) is 0 Å². The summed E-state index contributed by atoms with van der Waals surface area (Å²) in [4.78, 5) is 0. The van der Waals surface area contributed by atoms with Crippen LogP contribution >= 0.6 is 0 Å². The average Bonchev–Trinajstić information content (AvgIpc) is 2.28. The molecule has 2 unspecified atom stereocenters. The van der Waals surface area contributed by atoms with E-state index in [-0.39, 0.29) is 0 Å². The van der Waals surface area contributed by atoms with Crippen LogP contribution in [0.15, 0.2) is 0 Å². The summed E-state index contributed by atoms with van der Waals surface area (Å²) in [5, 5.41) is 3.66. The first-order valence-corrected chi connectivity index (χ1v) is 7.40. The Labute approximate surface area is 108 Å². The minimum absolute atomic E-state index is 0.648. The molecule has 1 fully saturated rings. The molecule has 1 rings (SSSR count). The van der Waals surface area contributed by atoms with E-state index in [0.29, 0.717) is 5.92 Å². The predicted octanol–water partition coefficient (Wildman–Crippen LogP) is 3.46. The molecule has 2 atom stereocenters. The molecule has 102 valence electrons. The number of hydrogen-bond donors (Lipinski definition) is 1. The molecular weight excluding hydrogens is 210 g/mol. The second kappa shape index (κ2) is 8.10. The topological polar surface area (TPSA) is 21.3 Å². The number of ether oxygens (including phenoxy) is 1. The summed E-state index contributed by atoms with van der Waals surface area (Å²) in [5.41, 5.74) is 0. The molecule has 0 heterocycles. The van der Waals surface area contributed by atoms with E-state index in [0.717, 1.165) is 37.6 Å². The molecule has 2 nitrogen and oxygen atoms in total. The van der Waals surface area contributed by atoms with Gasteiger partial charge in [-0.15, -0.1) is 0 Å². The first-order chi connectivity index (χ1) is 8.09. The lowest BCUT2D eigenvalue weighted by molar-refractivity contribution is 0.107. The standard InChI is InChI=1S/C15H31NO/c1-12(2)11-17-9-8-16-15-7-5-6-14(10-15)13(3)4/h12-16H,5-11H2,1-4H3. The highest BCUT2D eigenvalue weighted by Crippen LogP contribution is 2.29. The predicted molar refractivity (Wildman–Crippen MR) is 74.2 cm³/mol. The monoisotopic (exact) mass is 241 g/mol. The Morgan fingerprint density at radius 1 is 1.18 bits per heavy atom. The summed E-state index contributed by atoms with van der Waals surface area (Å²) < 4.78 is 5.60. The second-order valence-corrected chi connectivity index (χ2v) is 6.29. The van der Waals surface area contributed by atoms with Crippen LogP contribution in [0.25, 0.3) is 0 Å². The van der Waals surface area contributed by atoms with Gasteiger partial charge in [-0.2, -0.15) is 0 Å². The van der Waals surface area contributed by atoms with Gasteiger partial charge >= 0.3 is 0 Å². The van der Waals surface area contributed by atoms with E-state index in [1.807, 2.05) is 0 Å². The van der Waals surface area contributed by atoms with Crippen molar-refractivity contribution in [1.82, 2.24) is 5.32 Å². The molecule has 0 amide bonds. The van der Waals surface area contributed by atoms with Crippen LogP contribution in [0.1, 0.15) is 53.4 Å². The Morgan fingerprint density at radius 3 is 2.59 bits per heavy atom. The van der Waals surface area contributed by atoms with Crippen LogP contribution in [0.5, 0.6) is 0 Å². The van der Waals surface area contributed by atoms with Crippen molar-refractivity contribution in [3.8, 4) is 0 Å². The van der Waals surface area contributed by atoms with Crippen LogP contribution in [0.4, 0.5) is 0 Å². The third kappa shape index (κ3) is 6.42. The van der Waals surface area contributed by atoms with Gasteiger partial charge < -0.3 is 10.1 Å². The fourth-order valence-electron chi connectivity index (χ4n) is 2.67. The molecule has 1 aliphatic carbocycles. The molecule has 0 aromatic heterocycles. The van der Waals surface area contributed by atoms with Gasteiger partial charge in [-0.1, -0.05) is 40.5 Å². The maximum Gasteiger partial charge on any atom is 0.0591 e. The Kier molecular flexibility index (Phi) is 7.14. The summed E-state index contributed by atoms with van der Waals surface area (Å²) >= 11 is 0. The van der Waals surface area contributed by atoms with E-state index in [9.17, 15) is 0 Å². The van der Waals surface area contributed by atoms with E-state index in [1.54, 1.807) is 0 Å². The third-order valence-corrected chi connectivity index (χ3v) is 3.79. The summed E-state index contributed by atoms with van der Waals surface area (Å²) in [5.74, 6) is 2.42. The van der Waals surface area contributed by atoms with E-state index in [4.69, 9.17) is 4.74 Å². The fraction of sp³-hybridized carbons (Fsp3) is 1.00. The minimum Gasteiger partial charge on any atom is -0.380 e. The van der Waals surface area contributed by atoms with Gasteiger partial charge in [-0.25, -0.2) is 0 Å². The van der Waals surface area contributed by atoms with Gasteiger partial charge in [0, 0.05) is 19.2 Å². The lowest BCUT2D eigenvalue weighted by atomic mass is 9.79. The van der Waals surface area contributed by atoms with Crippen molar-refractivity contribution in [2.75, 3.05) is 19.8 Å². The Bertz CT molecular complexity index is 191. The summed E-state index contributed by atoms with van der Waals surface area (Å²) in [6, 6.07) is 0.735. The summed E-state index contributed by atoms with van der Waals surface area (Å²) in [6.07, 6.45) is 5.54. The first-order valence-electron chi connectivity index (χ1n) is 7.40. The summed E-state index contributed by atoms with van der Waals surface area (Å²) in [7, 11) is 0. The molecule has 17 heavy (non-hydrogen) atoms. The van der Waals surface area contributed by atoms with Crippen LogP contribution in [-0.4, -0.2) is 25.8 Å². The third-order valence-electron chi connectivity index (χ3n) is 3.79. The molecule has 0 aliphatic heterocycles.